The summed E-state index contributed by atoms with van der Waals surface area (Å²) in [4.78, 5) is 16.4. The molecule has 0 spiro atoms. The monoisotopic (exact) mass is 361 g/mol. The van der Waals surface area contributed by atoms with E-state index in [9.17, 15) is 4.79 Å². The van der Waals surface area contributed by atoms with Gasteiger partial charge in [0.05, 0.1) is 5.52 Å². The maximum absolute atomic E-state index is 11.5. The number of pyridine rings is 1. The first-order valence-corrected chi connectivity index (χ1v) is 9.39. The SMILES string of the molecule is CC(=O)Nc1ccc2nc(CC(C)C)c(CN)c(-c3ccc(C)cc3)c2c1. The van der Waals surface area contributed by atoms with Gasteiger partial charge in [0.1, 0.15) is 0 Å². The van der Waals surface area contributed by atoms with Crippen LogP contribution in [0.15, 0.2) is 42.5 Å². The minimum atomic E-state index is -0.0883. The van der Waals surface area contributed by atoms with Crippen molar-refractivity contribution in [2.45, 2.75) is 40.7 Å². The molecule has 0 saturated heterocycles. The van der Waals surface area contributed by atoms with E-state index in [4.69, 9.17) is 10.7 Å². The van der Waals surface area contributed by atoms with Gasteiger partial charge < -0.3 is 11.1 Å². The number of carbonyl (C=O) groups excluding carboxylic acids is 1. The van der Waals surface area contributed by atoms with E-state index in [0.717, 1.165) is 45.4 Å². The largest absolute Gasteiger partial charge is 0.326 e. The van der Waals surface area contributed by atoms with Crippen molar-refractivity contribution in [1.82, 2.24) is 4.98 Å². The molecule has 0 radical (unpaired) electrons. The van der Waals surface area contributed by atoms with Gasteiger partial charge in [0.2, 0.25) is 5.91 Å². The third-order valence-electron chi connectivity index (χ3n) is 4.64. The molecule has 27 heavy (non-hydrogen) atoms. The fourth-order valence-electron chi connectivity index (χ4n) is 3.46. The molecule has 0 aliphatic heterocycles. The quantitative estimate of drug-likeness (QED) is 0.684. The van der Waals surface area contributed by atoms with Crippen molar-refractivity contribution in [3.63, 3.8) is 0 Å². The predicted molar refractivity (Wildman–Crippen MR) is 113 cm³/mol. The molecule has 3 rings (SSSR count). The molecule has 0 bridgehead atoms. The van der Waals surface area contributed by atoms with Crippen LogP contribution in [-0.4, -0.2) is 10.9 Å². The van der Waals surface area contributed by atoms with Crippen LogP contribution in [0, 0.1) is 12.8 Å². The number of hydrogen-bond acceptors (Lipinski definition) is 3. The number of carbonyl (C=O) groups is 1. The standard InChI is InChI=1S/C23H27N3O/c1-14(2)11-22-20(13-24)23(17-7-5-15(3)6-8-17)19-12-18(25-16(4)27)9-10-21(19)26-22/h5-10,12,14H,11,13,24H2,1-4H3,(H,25,27). The number of aryl methyl sites for hydroxylation is 1. The Balaban J connectivity index is 2.33. The summed E-state index contributed by atoms with van der Waals surface area (Å²) in [7, 11) is 0. The van der Waals surface area contributed by atoms with Crippen molar-refractivity contribution in [3.8, 4) is 11.1 Å². The van der Waals surface area contributed by atoms with Crippen molar-refractivity contribution in [2.24, 2.45) is 11.7 Å². The van der Waals surface area contributed by atoms with Crippen LogP contribution in [0.2, 0.25) is 0 Å². The van der Waals surface area contributed by atoms with Crippen molar-refractivity contribution in [3.05, 3.63) is 59.3 Å². The van der Waals surface area contributed by atoms with Crippen molar-refractivity contribution >= 4 is 22.5 Å². The van der Waals surface area contributed by atoms with Crippen LogP contribution in [0.5, 0.6) is 0 Å². The zero-order valence-electron chi connectivity index (χ0n) is 16.5. The van der Waals surface area contributed by atoms with Gasteiger partial charge in [-0.25, -0.2) is 0 Å². The van der Waals surface area contributed by atoms with E-state index in [-0.39, 0.29) is 5.91 Å². The molecule has 0 aliphatic rings. The summed E-state index contributed by atoms with van der Waals surface area (Å²) in [6, 6.07) is 14.4. The van der Waals surface area contributed by atoms with Gasteiger partial charge in [-0.2, -0.15) is 0 Å². The number of rotatable bonds is 5. The first-order chi connectivity index (χ1) is 12.9. The molecule has 0 aliphatic carbocycles. The second-order valence-electron chi connectivity index (χ2n) is 7.49. The molecule has 0 saturated carbocycles. The van der Waals surface area contributed by atoms with E-state index in [1.165, 1.54) is 12.5 Å². The zero-order chi connectivity index (χ0) is 19.6. The number of nitrogens with two attached hydrogens (primary N) is 1. The summed E-state index contributed by atoms with van der Waals surface area (Å²) in [5.74, 6) is 0.402. The Bertz CT molecular complexity index is 975. The molecular weight excluding hydrogens is 334 g/mol. The summed E-state index contributed by atoms with van der Waals surface area (Å²) in [6.45, 7) is 8.41. The first-order valence-electron chi connectivity index (χ1n) is 9.39. The van der Waals surface area contributed by atoms with Gasteiger partial charge >= 0.3 is 0 Å². The lowest BCUT2D eigenvalue weighted by Gasteiger charge is -2.18. The Kier molecular flexibility index (Phi) is 5.57. The van der Waals surface area contributed by atoms with E-state index >= 15 is 0 Å². The van der Waals surface area contributed by atoms with Crippen LogP contribution in [0.4, 0.5) is 5.69 Å². The van der Waals surface area contributed by atoms with Crippen molar-refractivity contribution in [2.75, 3.05) is 5.32 Å². The fraction of sp³-hybridized carbons (Fsp3) is 0.304. The van der Waals surface area contributed by atoms with Crippen molar-refractivity contribution < 1.29 is 4.79 Å². The maximum atomic E-state index is 11.5. The highest BCUT2D eigenvalue weighted by molar-refractivity contribution is 6.00. The first kappa shape index (κ1) is 19.1. The Hall–Kier alpha value is -2.72. The predicted octanol–water partition coefficient (Wildman–Crippen LogP) is 4.83. The average Bonchev–Trinajstić information content (AvgIpc) is 2.60. The normalized spacial score (nSPS) is 11.2. The summed E-state index contributed by atoms with van der Waals surface area (Å²) in [5, 5.41) is 3.88. The smallest absolute Gasteiger partial charge is 0.221 e. The number of anilines is 1. The van der Waals surface area contributed by atoms with Gasteiger partial charge in [-0.15, -0.1) is 0 Å². The summed E-state index contributed by atoms with van der Waals surface area (Å²) in [6.07, 6.45) is 0.884. The van der Waals surface area contributed by atoms with E-state index < -0.39 is 0 Å². The second-order valence-corrected chi connectivity index (χ2v) is 7.49. The number of nitrogens with zero attached hydrogens (tertiary/aromatic N) is 1. The fourth-order valence-corrected chi connectivity index (χ4v) is 3.46. The number of fused-ring (bicyclic) bond motifs is 1. The highest BCUT2D eigenvalue weighted by atomic mass is 16.1. The van der Waals surface area contributed by atoms with Crippen LogP contribution in [-0.2, 0) is 17.8 Å². The molecule has 1 heterocycles. The minimum Gasteiger partial charge on any atom is -0.326 e. The number of nitrogens with one attached hydrogen (secondary N) is 1. The Morgan fingerprint density at radius 1 is 1.15 bits per heavy atom. The Morgan fingerprint density at radius 2 is 1.85 bits per heavy atom. The molecule has 3 N–H and O–H groups in total. The molecule has 140 valence electrons. The molecule has 3 aromatic rings. The highest BCUT2D eigenvalue weighted by Gasteiger charge is 2.17. The molecule has 0 fully saturated rings. The van der Waals surface area contributed by atoms with Gasteiger partial charge in [0, 0.05) is 30.2 Å². The van der Waals surface area contributed by atoms with Crippen LogP contribution < -0.4 is 11.1 Å². The lowest BCUT2D eigenvalue weighted by Crippen LogP contribution is -2.10. The Labute approximate surface area is 160 Å². The Morgan fingerprint density at radius 3 is 2.44 bits per heavy atom. The van der Waals surface area contributed by atoms with Gasteiger partial charge in [-0.3, -0.25) is 9.78 Å². The van der Waals surface area contributed by atoms with E-state index in [1.54, 1.807) is 0 Å². The van der Waals surface area contributed by atoms with Crippen LogP contribution >= 0.6 is 0 Å². The van der Waals surface area contributed by atoms with Gasteiger partial charge in [-0.1, -0.05) is 43.7 Å². The number of benzene rings is 2. The molecule has 0 unspecified atom stereocenters. The second kappa shape index (κ2) is 7.89. The topological polar surface area (TPSA) is 68.0 Å². The highest BCUT2D eigenvalue weighted by Crippen LogP contribution is 2.35. The van der Waals surface area contributed by atoms with Gasteiger partial charge in [0.15, 0.2) is 0 Å². The maximum Gasteiger partial charge on any atom is 0.221 e. The summed E-state index contributed by atoms with van der Waals surface area (Å²) in [5.41, 5.74) is 13.5. The minimum absolute atomic E-state index is 0.0883. The number of aromatic nitrogens is 1. The summed E-state index contributed by atoms with van der Waals surface area (Å²) < 4.78 is 0. The van der Waals surface area contributed by atoms with Crippen LogP contribution in [0.1, 0.15) is 37.6 Å². The van der Waals surface area contributed by atoms with Crippen LogP contribution in [0.25, 0.3) is 22.0 Å². The molecule has 1 aromatic heterocycles. The lowest BCUT2D eigenvalue weighted by atomic mass is 9.91. The molecule has 4 nitrogen and oxygen atoms in total. The average molecular weight is 361 g/mol. The molecule has 1 amide bonds. The molecule has 2 aromatic carbocycles. The molecular formula is C23H27N3O. The summed E-state index contributed by atoms with van der Waals surface area (Å²) >= 11 is 0. The van der Waals surface area contributed by atoms with Crippen LogP contribution in [0.3, 0.4) is 0 Å². The third kappa shape index (κ3) is 4.17. The van der Waals surface area contributed by atoms with E-state index in [2.05, 4.69) is 50.4 Å². The third-order valence-corrected chi connectivity index (χ3v) is 4.64. The van der Waals surface area contributed by atoms with E-state index in [1.807, 2.05) is 18.2 Å². The van der Waals surface area contributed by atoms with Gasteiger partial charge in [-0.05, 0) is 54.2 Å². The number of amides is 1. The number of hydrogen-bond donors (Lipinski definition) is 2. The molecule has 4 heteroatoms. The van der Waals surface area contributed by atoms with E-state index in [0.29, 0.717) is 12.5 Å². The zero-order valence-corrected chi connectivity index (χ0v) is 16.5. The van der Waals surface area contributed by atoms with Crippen molar-refractivity contribution in [1.29, 1.82) is 0 Å². The molecule has 0 atom stereocenters. The lowest BCUT2D eigenvalue weighted by molar-refractivity contribution is -0.114. The van der Waals surface area contributed by atoms with Gasteiger partial charge in [0.25, 0.3) is 0 Å².